The van der Waals surface area contributed by atoms with Gasteiger partial charge in [-0.2, -0.15) is 0 Å². The number of alkyl halides is 2. The van der Waals surface area contributed by atoms with Crippen LogP contribution in [-0.4, -0.2) is 46.4 Å². The Morgan fingerprint density at radius 2 is 1.57 bits per heavy atom. The Bertz CT molecular complexity index is 628. The molecule has 0 unspecified atom stereocenters. The van der Waals surface area contributed by atoms with Crippen molar-refractivity contribution in [2.24, 2.45) is 5.92 Å². The lowest BCUT2D eigenvalue weighted by Gasteiger charge is -2.50. The smallest absolute Gasteiger partial charge is 0.251 e. The Morgan fingerprint density at radius 1 is 0.964 bits per heavy atom. The van der Waals surface area contributed by atoms with Crippen LogP contribution in [0.5, 0.6) is 0 Å². The molecule has 0 amide bonds. The summed E-state index contributed by atoms with van der Waals surface area (Å²) in [4.78, 5) is 4.95. The van der Waals surface area contributed by atoms with E-state index in [2.05, 4.69) is 44.4 Å². The molecule has 0 aromatic heterocycles. The number of nitrogens with zero attached hydrogens (tertiary/aromatic N) is 2. The van der Waals surface area contributed by atoms with Crippen molar-refractivity contribution in [3.63, 3.8) is 0 Å². The molecule has 2 saturated heterocycles. The van der Waals surface area contributed by atoms with Gasteiger partial charge in [0.1, 0.15) is 0 Å². The van der Waals surface area contributed by atoms with Crippen LogP contribution in [0.1, 0.15) is 78.3 Å². The molecule has 2 aliphatic rings. The molecule has 2 nitrogen and oxygen atoms in total. The summed E-state index contributed by atoms with van der Waals surface area (Å²) in [6, 6.07) is 9.72. The SMILES string of the molecule is CC(C)(C)N1CCC(CC(C)(C)N2CCC(F)(F)C[C@@H]2c2ccccc2)CC1. The van der Waals surface area contributed by atoms with E-state index < -0.39 is 5.92 Å². The predicted molar refractivity (Wildman–Crippen MR) is 113 cm³/mol. The van der Waals surface area contributed by atoms with E-state index in [9.17, 15) is 8.78 Å². The van der Waals surface area contributed by atoms with Crippen LogP contribution in [0.15, 0.2) is 30.3 Å². The summed E-state index contributed by atoms with van der Waals surface area (Å²) >= 11 is 0. The Labute approximate surface area is 170 Å². The van der Waals surface area contributed by atoms with Gasteiger partial charge in [0.2, 0.25) is 0 Å². The average Bonchev–Trinajstić information content (AvgIpc) is 2.61. The summed E-state index contributed by atoms with van der Waals surface area (Å²) in [6.45, 7) is 14.2. The maximum atomic E-state index is 14.3. The molecule has 1 atom stereocenters. The van der Waals surface area contributed by atoms with Crippen LogP contribution in [0, 0.1) is 5.92 Å². The van der Waals surface area contributed by atoms with Crippen LogP contribution in [-0.2, 0) is 0 Å². The molecule has 3 rings (SSSR count). The van der Waals surface area contributed by atoms with Crippen molar-refractivity contribution in [1.82, 2.24) is 9.80 Å². The molecule has 1 aromatic carbocycles. The second-order valence-electron chi connectivity index (χ2n) is 10.5. The first-order valence-electron chi connectivity index (χ1n) is 10.9. The van der Waals surface area contributed by atoms with Crippen LogP contribution >= 0.6 is 0 Å². The number of likely N-dealkylation sites (tertiary alicyclic amines) is 2. The van der Waals surface area contributed by atoms with E-state index in [0.717, 1.165) is 25.1 Å². The number of piperidine rings is 2. The predicted octanol–water partition coefficient (Wildman–Crippen LogP) is 6.14. The molecule has 0 saturated carbocycles. The molecule has 4 heteroatoms. The van der Waals surface area contributed by atoms with E-state index in [1.807, 2.05) is 30.3 Å². The third kappa shape index (κ3) is 5.13. The highest BCUT2D eigenvalue weighted by atomic mass is 19.3. The largest absolute Gasteiger partial charge is 0.298 e. The topological polar surface area (TPSA) is 6.48 Å². The molecule has 0 radical (unpaired) electrons. The van der Waals surface area contributed by atoms with E-state index in [-0.39, 0.29) is 30.0 Å². The monoisotopic (exact) mass is 392 g/mol. The van der Waals surface area contributed by atoms with Gasteiger partial charge in [0, 0.05) is 36.5 Å². The van der Waals surface area contributed by atoms with Gasteiger partial charge in [-0.15, -0.1) is 0 Å². The average molecular weight is 393 g/mol. The van der Waals surface area contributed by atoms with Gasteiger partial charge in [-0.1, -0.05) is 30.3 Å². The molecule has 0 spiro atoms. The van der Waals surface area contributed by atoms with Gasteiger partial charge in [-0.3, -0.25) is 9.80 Å². The highest BCUT2D eigenvalue weighted by Gasteiger charge is 2.46. The maximum Gasteiger partial charge on any atom is 0.251 e. The van der Waals surface area contributed by atoms with Gasteiger partial charge in [0.05, 0.1) is 0 Å². The minimum atomic E-state index is -2.56. The molecular formula is C24H38F2N2. The van der Waals surface area contributed by atoms with Gasteiger partial charge < -0.3 is 0 Å². The zero-order valence-electron chi connectivity index (χ0n) is 18.3. The summed E-state index contributed by atoms with van der Waals surface area (Å²) < 4.78 is 28.6. The maximum absolute atomic E-state index is 14.3. The second kappa shape index (κ2) is 8.02. The fourth-order valence-corrected chi connectivity index (χ4v) is 5.26. The van der Waals surface area contributed by atoms with Crippen LogP contribution in [0.4, 0.5) is 8.78 Å². The lowest BCUT2D eigenvalue weighted by Crippen LogP contribution is -2.53. The Hall–Kier alpha value is -1.00. The first-order valence-corrected chi connectivity index (χ1v) is 10.9. The molecule has 158 valence electrons. The van der Waals surface area contributed by atoms with Crippen molar-refractivity contribution in [3.8, 4) is 0 Å². The zero-order valence-corrected chi connectivity index (χ0v) is 18.3. The van der Waals surface area contributed by atoms with Crippen molar-refractivity contribution >= 4 is 0 Å². The Balaban J connectivity index is 1.71. The second-order valence-corrected chi connectivity index (χ2v) is 10.5. The molecule has 0 aliphatic carbocycles. The molecule has 1 aromatic rings. The molecule has 28 heavy (non-hydrogen) atoms. The van der Waals surface area contributed by atoms with Crippen LogP contribution in [0.2, 0.25) is 0 Å². The lowest BCUT2D eigenvalue weighted by molar-refractivity contribution is -0.107. The number of hydrogen-bond acceptors (Lipinski definition) is 2. The number of halogens is 2. The number of rotatable bonds is 4. The van der Waals surface area contributed by atoms with Crippen molar-refractivity contribution in [2.45, 2.75) is 89.8 Å². The third-order valence-electron chi connectivity index (χ3n) is 6.90. The number of benzene rings is 1. The van der Waals surface area contributed by atoms with Gasteiger partial charge in [-0.25, -0.2) is 8.78 Å². The molecular weight excluding hydrogens is 354 g/mol. The van der Waals surface area contributed by atoms with Gasteiger partial charge >= 0.3 is 0 Å². The molecule has 2 heterocycles. The highest BCUT2D eigenvalue weighted by Crippen LogP contribution is 2.45. The van der Waals surface area contributed by atoms with Crippen LogP contribution < -0.4 is 0 Å². The summed E-state index contributed by atoms with van der Waals surface area (Å²) in [5.74, 6) is -1.89. The Morgan fingerprint density at radius 3 is 2.14 bits per heavy atom. The van der Waals surface area contributed by atoms with Crippen molar-refractivity contribution < 1.29 is 8.78 Å². The molecule has 2 aliphatic heterocycles. The van der Waals surface area contributed by atoms with Crippen LogP contribution in [0.25, 0.3) is 0 Å². The summed E-state index contributed by atoms with van der Waals surface area (Å²) in [6.07, 6.45) is 3.41. The van der Waals surface area contributed by atoms with Crippen LogP contribution in [0.3, 0.4) is 0 Å². The normalized spacial score (nSPS) is 25.8. The Kier molecular flexibility index (Phi) is 6.22. The summed E-state index contributed by atoms with van der Waals surface area (Å²) in [5, 5.41) is 0. The van der Waals surface area contributed by atoms with E-state index >= 15 is 0 Å². The van der Waals surface area contributed by atoms with E-state index in [0.29, 0.717) is 12.5 Å². The quantitative estimate of drug-likeness (QED) is 0.607. The van der Waals surface area contributed by atoms with Gasteiger partial charge in [0.25, 0.3) is 5.92 Å². The molecule has 0 bridgehead atoms. The summed E-state index contributed by atoms with van der Waals surface area (Å²) in [5.41, 5.74) is 1.18. The summed E-state index contributed by atoms with van der Waals surface area (Å²) in [7, 11) is 0. The highest BCUT2D eigenvalue weighted by molar-refractivity contribution is 5.21. The van der Waals surface area contributed by atoms with Gasteiger partial charge in [0.15, 0.2) is 0 Å². The number of hydrogen-bond donors (Lipinski definition) is 0. The third-order valence-corrected chi connectivity index (χ3v) is 6.90. The zero-order chi connectivity index (χ0) is 20.6. The van der Waals surface area contributed by atoms with Crippen molar-refractivity contribution in [2.75, 3.05) is 19.6 Å². The minimum absolute atomic E-state index is 0.0256. The molecule has 2 fully saturated rings. The van der Waals surface area contributed by atoms with E-state index in [1.54, 1.807) is 0 Å². The van der Waals surface area contributed by atoms with Gasteiger partial charge in [-0.05, 0) is 78.5 Å². The minimum Gasteiger partial charge on any atom is -0.298 e. The first-order chi connectivity index (χ1) is 13.0. The standard InChI is InChI=1S/C24H38F2N2/c1-22(2,3)27-14-11-19(12-15-27)17-23(4,5)28-16-13-24(25,26)18-21(28)20-9-7-6-8-10-20/h6-10,19,21H,11-18H2,1-5H3/t21-/m1/s1. The molecule has 0 N–H and O–H groups in total. The first kappa shape index (κ1) is 21.7. The fraction of sp³-hybridized carbons (Fsp3) is 0.750. The van der Waals surface area contributed by atoms with E-state index in [4.69, 9.17) is 0 Å². The fourth-order valence-electron chi connectivity index (χ4n) is 5.26. The lowest BCUT2D eigenvalue weighted by atomic mass is 9.79. The van der Waals surface area contributed by atoms with E-state index in [1.165, 1.54) is 12.8 Å². The van der Waals surface area contributed by atoms with Crippen molar-refractivity contribution in [1.29, 1.82) is 0 Å². The van der Waals surface area contributed by atoms with Crippen molar-refractivity contribution in [3.05, 3.63) is 35.9 Å².